The van der Waals surface area contributed by atoms with Gasteiger partial charge in [0.2, 0.25) is 0 Å². The van der Waals surface area contributed by atoms with Gasteiger partial charge in [-0.15, -0.1) is 0 Å². The Morgan fingerprint density at radius 1 is 1.35 bits per heavy atom. The Balaban J connectivity index is 3.75. The Morgan fingerprint density at radius 3 is 2.41 bits per heavy atom. The number of ether oxygens (including phenoxy) is 1. The van der Waals surface area contributed by atoms with Crippen LogP contribution in [0.2, 0.25) is 0 Å². The molecular weight excluding hydrogens is 216 g/mol. The minimum atomic E-state index is -0.588. The molecule has 100 valence electrons. The van der Waals surface area contributed by atoms with E-state index < -0.39 is 11.7 Å². The average Bonchev–Trinajstić information content (AvgIpc) is 2.08. The number of hydrogen-bond donors (Lipinski definition) is 1. The van der Waals surface area contributed by atoms with Crippen LogP contribution in [0.3, 0.4) is 0 Å². The highest BCUT2D eigenvalue weighted by molar-refractivity contribution is 5.70. The third kappa shape index (κ3) is 11.4. The van der Waals surface area contributed by atoms with E-state index in [0.29, 0.717) is 6.42 Å². The Hall–Kier alpha value is -0.830. The summed E-state index contributed by atoms with van der Waals surface area (Å²) < 4.78 is 5.14. The van der Waals surface area contributed by atoms with Crippen molar-refractivity contribution in [1.29, 1.82) is 0 Å². The molecule has 0 aromatic carbocycles. The van der Waals surface area contributed by atoms with Crippen molar-refractivity contribution >= 4 is 5.97 Å². The van der Waals surface area contributed by atoms with Crippen LogP contribution in [0.25, 0.3) is 0 Å². The van der Waals surface area contributed by atoms with Crippen LogP contribution in [0.1, 0.15) is 60.3 Å². The molecule has 3 heteroatoms. The normalized spacial score (nSPS) is 13.1. The monoisotopic (exact) mass is 242 g/mol. The molecule has 0 aromatic heterocycles. The highest BCUT2D eigenvalue weighted by Gasteiger charge is 2.18. The van der Waals surface area contributed by atoms with Gasteiger partial charge in [0.1, 0.15) is 5.60 Å². The number of aliphatic hydroxyl groups is 1. The van der Waals surface area contributed by atoms with Gasteiger partial charge in [-0.3, -0.25) is 4.79 Å². The third-order valence-electron chi connectivity index (χ3n) is 2.12. The zero-order valence-corrected chi connectivity index (χ0v) is 11.7. The molecule has 0 radical (unpaired) electrons. The van der Waals surface area contributed by atoms with Gasteiger partial charge in [0, 0.05) is 0 Å². The molecule has 0 bridgehead atoms. The lowest BCUT2D eigenvalue weighted by molar-refractivity contribution is -0.157. The van der Waals surface area contributed by atoms with Gasteiger partial charge in [0.15, 0.2) is 0 Å². The number of rotatable bonds is 6. The molecule has 0 aliphatic rings. The van der Waals surface area contributed by atoms with Crippen molar-refractivity contribution in [1.82, 2.24) is 0 Å². The number of allylic oxidation sites excluding steroid dienone is 2. The second-order valence-corrected chi connectivity index (χ2v) is 5.66. The van der Waals surface area contributed by atoms with Crippen molar-refractivity contribution in [3.8, 4) is 0 Å². The van der Waals surface area contributed by atoms with E-state index in [1.165, 1.54) is 5.57 Å². The predicted molar refractivity (Wildman–Crippen MR) is 69.8 cm³/mol. The standard InChI is InChI=1S/C14H26O3/c1-11(2)8-6-7-9-12(15)10-13(16)17-14(3,4)5/h8,12,15H,6-7,9-10H2,1-5H3/t12-/m1/s1. The van der Waals surface area contributed by atoms with Gasteiger partial charge in [-0.1, -0.05) is 11.6 Å². The van der Waals surface area contributed by atoms with E-state index in [1.54, 1.807) is 0 Å². The van der Waals surface area contributed by atoms with Crippen molar-refractivity contribution in [3.05, 3.63) is 11.6 Å². The zero-order valence-electron chi connectivity index (χ0n) is 11.7. The van der Waals surface area contributed by atoms with Crippen LogP contribution >= 0.6 is 0 Å². The molecule has 0 aromatic rings. The molecule has 0 aliphatic heterocycles. The fourth-order valence-electron chi connectivity index (χ4n) is 1.42. The van der Waals surface area contributed by atoms with E-state index in [2.05, 4.69) is 19.9 Å². The topological polar surface area (TPSA) is 46.5 Å². The predicted octanol–water partition coefficient (Wildman–Crippen LogP) is 3.22. The molecule has 0 aliphatic carbocycles. The van der Waals surface area contributed by atoms with Crippen LogP contribution in [-0.2, 0) is 9.53 Å². The second-order valence-electron chi connectivity index (χ2n) is 5.66. The summed E-state index contributed by atoms with van der Waals surface area (Å²) in [6.45, 7) is 9.58. The molecule has 1 N–H and O–H groups in total. The van der Waals surface area contributed by atoms with Gasteiger partial charge in [0.25, 0.3) is 0 Å². The molecule has 0 saturated carbocycles. The Labute approximate surface area is 105 Å². The minimum absolute atomic E-state index is 0.0894. The van der Waals surface area contributed by atoms with E-state index in [-0.39, 0.29) is 12.4 Å². The molecule has 0 rings (SSSR count). The largest absolute Gasteiger partial charge is 0.460 e. The van der Waals surface area contributed by atoms with Crippen molar-refractivity contribution in [2.75, 3.05) is 0 Å². The first-order valence-electron chi connectivity index (χ1n) is 6.24. The zero-order chi connectivity index (χ0) is 13.5. The van der Waals surface area contributed by atoms with Crippen molar-refractivity contribution < 1.29 is 14.6 Å². The summed E-state index contributed by atoms with van der Waals surface area (Å²) >= 11 is 0. The maximum atomic E-state index is 11.4. The maximum absolute atomic E-state index is 11.4. The fraction of sp³-hybridized carbons (Fsp3) is 0.786. The van der Waals surface area contributed by atoms with Crippen LogP contribution in [0.5, 0.6) is 0 Å². The van der Waals surface area contributed by atoms with E-state index in [1.807, 2.05) is 20.8 Å². The Kier molecular flexibility index (Phi) is 7.12. The first-order valence-corrected chi connectivity index (χ1v) is 6.24. The highest BCUT2D eigenvalue weighted by Crippen LogP contribution is 2.12. The van der Waals surface area contributed by atoms with Crippen molar-refractivity contribution in [2.24, 2.45) is 0 Å². The number of hydrogen-bond acceptors (Lipinski definition) is 3. The van der Waals surface area contributed by atoms with Gasteiger partial charge in [0.05, 0.1) is 12.5 Å². The summed E-state index contributed by atoms with van der Waals surface area (Å²) in [5, 5.41) is 9.66. The molecule has 0 heterocycles. The molecule has 0 saturated heterocycles. The fourth-order valence-corrected chi connectivity index (χ4v) is 1.42. The minimum Gasteiger partial charge on any atom is -0.460 e. The Morgan fingerprint density at radius 2 is 1.94 bits per heavy atom. The molecule has 0 unspecified atom stereocenters. The SMILES string of the molecule is CC(C)=CCCC[C@@H](O)CC(=O)OC(C)(C)C. The van der Waals surface area contributed by atoms with Gasteiger partial charge in [-0.2, -0.15) is 0 Å². The first-order chi connectivity index (χ1) is 7.70. The summed E-state index contributed by atoms with van der Waals surface area (Å²) in [4.78, 5) is 11.4. The number of esters is 1. The number of carbonyl (C=O) groups is 1. The molecule has 0 fully saturated rings. The number of unbranched alkanes of at least 4 members (excludes halogenated alkanes) is 1. The van der Waals surface area contributed by atoms with Gasteiger partial charge in [-0.05, 0) is 53.9 Å². The lowest BCUT2D eigenvalue weighted by Crippen LogP contribution is -2.26. The van der Waals surface area contributed by atoms with E-state index in [0.717, 1.165) is 12.8 Å². The Bertz CT molecular complexity index is 257. The first kappa shape index (κ1) is 16.2. The van der Waals surface area contributed by atoms with E-state index >= 15 is 0 Å². The van der Waals surface area contributed by atoms with Crippen molar-refractivity contribution in [2.45, 2.75) is 72.0 Å². The molecule has 17 heavy (non-hydrogen) atoms. The lowest BCUT2D eigenvalue weighted by atomic mass is 10.1. The van der Waals surface area contributed by atoms with Crippen LogP contribution in [-0.4, -0.2) is 22.8 Å². The lowest BCUT2D eigenvalue weighted by Gasteiger charge is -2.20. The molecular formula is C14H26O3. The average molecular weight is 242 g/mol. The number of carbonyl (C=O) groups excluding carboxylic acids is 1. The van der Waals surface area contributed by atoms with Gasteiger partial charge < -0.3 is 9.84 Å². The quantitative estimate of drug-likeness (QED) is 0.442. The summed E-state index contributed by atoms with van der Waals surface area (Å²) in [5.74, 6) is -0.327. The van der Waals surface area contributed by atoms with Crippen LogP contribution in [0.4, 0.5) is 0 Å². The van der Waals surface area contributed by atoms with Crippen molar-refractivity contribution in [3.63, 3.8) is 0 Å². The van der Waals surface area contributed by atoms with Crippen LogP contribution in [0.15, 0.2) is 11.6 Å². The summed E-state index contributed by atoms with van der Waals surface area (Å²) in [7, 11) is 0. The molecule has 3 nitrogen and oxygen atoms in total. The second kappa shape index (κ2) is 7.49. The van der Waals surface area contributed by atoms with Gasteiger partial charge >= 0.3 is 5.97 Å². The van der Waals surface area contributed by atoms with Crippen LogP contribution < -0.4 is 0 Å². The smallest absolute Gasteiger partial charge is 0.308 e. The molecule has 0 amide bonds. The summed E-state index contributed by atoms with van der Waals surface area (Å²) in [6.07, 6.45) is 4.13. The van der Waals surface area contributed by atoms with E-state index in [9.17, 15) is 9.90 Å². The molecule has 1 atom stereocenters. The molecule has 0 spiro atoms. The summed E-state index contributed by atoms with van der Waals surface area (Å²) in [6, 6.07) is 0. The summed E-state index contributed by atoms with van der Waals surface area (Å²) in [5.41, 5.74) is 0.811. The maximum Gasteiger partial charge on any atom is 0.308 e. The third-order valence-corrected chi connectivity index (χ3v) is 2.12. The van der Waals surface area contributed by atoms with Crippen LogP contribution in [0, 0.1) is 0 Å². The van der Waals surface area contributed by atoms with Gasteiger partial charge in [-0.25, -0.2) is 0 Å². The number of aliphatic hydroxyl groups excluding tert-OH is 1. The highest BCUT2D eigenvalue weighted by atomic mass is 16.6. The van der Waals surface area contributed by atoms with E-state index in [4.69, 9.17) is 4.74 Å².